The number of amides is 1. The first-order valence-electron chi connectivity index (χ1n) is 9.79. The van der Waals surface area contributed by atoms with Crippen LogP contribution in [0.5, 0.6) is 0 Å². The summed E-state index contributed by atoms with van der Waals surface area (Å²) in [6, 6.07) is 0.354. The van der Waals surface area contributed by atoms with Crippen molar-refractivity contribution in [2.45, 2.75) is 63.8 Å². The number of hydrogen-bond donors (Lipinski definition) is 1. The number of carbonyl (C=O) groups is 1. The maximum atomic E-state index is 13.2. The minimum Gasteiger partial charge on any atom is -0.381 e. The van der Waals surface area contributed by atoms with E-state index in [0.29, 0.717) is 23.8 Å². The normalized spacial score (nSPS) is 42.5. The van der Waals surface area contributed by atoms with Crippen LogP contribution in [0, 0.1) is 23.2 Å². The number of hydrogen-bond acceptors (Lipinski definition) is 3. The monoisotopic (exact) mass is 356 g/mol. The quantitative estimate of drug-likeness (QED) is 0.785. The highest BCUT2D eigenvalue weighted by atomic mass is 35.5. The Labute approximate surface area is 152 Å². The van der Waals surface area contributed by atoms with Crippen LogP contribution in [0.15, 0.2) is 0 Å². The van der Waals surface area contributed by atoms with Crippen molar-refractivity contribution in [3.05, 3.63) is 0 Å². The van der Waals surface area contributed by atoms with Gasteiger partial charge in [-0.25, -0.2) is 0 Å². The molecule has 2 aliphatic carbocycles. The van der Waals surface area contributed by atoms with Crippen LogP contribution in [0.1, 0.15) is 57.8 Å². The van der Waals surface area contributed by atoms with E-state index in [-0.39, 0.29) is 23.7 Å². The Kier molecular flexibility index (Phi) is 5.78. The molecule has 4 fully saturated rings. The second-order valence-electron chi connectivity index (χ2n) is 8.72. The molecule has 2 N–H and O–H groups in total. The fourth-order valence-electron chi connectivity index (χ4n) is 5.88. The number of ether oxygens (including phenoxy) is 1. The molecule has 0 aromatic heterocycles. The third kappa shape index (κ3) is 3.47. The summed E-state index contributed by atoms with van der Waals surface area (Å²) in [5.41, 5.74) is 6.65. The van der Waals surface area contributed by atoms with Crippen molar-refractivity contribution in [3.63, 3.8) is 0 Å². The van der Waals surface area contributed by atoms with Gasteiger partial charge in [0, 0.05) is 37.1 Å². The smallest absolute Gasteiger partial charge is 0.225 e. The van der Waals surface area contributed by atoms with Gasteiger partial charge in [-0.05, 0) is 63.2 Å². The molecular weight excluding hydrogens is 324 g/mol. The van der Waals surface area contributed by atoms with Gasteiger partial charge in [0.2, 0.25) is 5.91 Å². The van der Waals surface area contributed by atoms with Gasteiger partial charge in [0.15, 0.2) is 0 Å². The van der Waals surface area contributed by atoms with E-state index in [1.54, 1.807) is 0 Å². The summed E-state index contributed by atoms with van der Waals surface area (Å²) in [5, 5.41) is 0. The molecule has 0 radical (unpaired) electrons. The second-order valence-corrected chi connectivity index (χ2v) is 8.72. The Morgan fingerprint density at radius 1 is 1.08 bits per heavy atom. The SMILES string of the molecule is Cl.NC1C2CCCC1CC(C(=O)N1CCCC3(CCCOC3)C1)C2. The van der Waals surface area contributed by atoms with Gasteiger partial charge in [-0.15, -0.1) is 12.4 Å². The van der Waals surface area contributed by atoms with Crippen LogP contribution in [-0.4, -0.2) is 43.2 Å². The standard InChI is InChI=1S/C19H32N2O2.ClH/c20-17-14-4-1-5-15(17)11-16(10-14)18(22)21-8-2-6-19(12-21)7-3-9-23-13-19;/h14-17H,1-13,20H2;1H. The number of rotatable bonds is 1. The highest BCUT2D eigenvalue weighted by Gasteiger charge is 2.44. The van der Waals surface area contributed by atoms with E-state index in [4.69, 9.17) is 10.5 Å². The Bertz CT molecular complexity index is 433. The number of fused-ring (bicyclic) bond motifs is 2. The summed E-state index contributed by atoms with van der Waals surface area (Å²) in [6.45, 7) is 3.65. The maximum Gasteiger partial charge on any atom is 0.225 e. The molecule has 5 heteroatoms. The number of nitrogens with two attached hydrogens (primary N) is 1. The molecule has 1 amide bonds. The van der Waals surface area contributed by atoms with Gasteiger partial charge in [0.05, 0.1) is 6.61 Å². The third-order valence-corrected chi connectivity index (χ3v) is 7.14. The minimum absolute atomic E-state index is 0. The average molecular weight is 357 g/mol. The number of carbonyl (C=O) groups excluding carboxylic acids is 1. The zero-order chi connectivity index (χ0) is 15.9. The van der Waals surface area contributed by atoms with Crippen molar-refractivity contribution < 1.29 is 9.53 Å². The lowest BCUT2D eigenvalue weighted by molar-refractivity contribution is -0.145. The molecule has 0 aromatic rings. The Morgan fingerprint density at radius 2 is 1.79 bits per heavy atom. The van der Waals surface area contributed by atoms with Crippen molar-refractivity contribution >= 4 is 18.3 Å². The summed E-state index contributed by atoms with van der Waals surface area (Å²) >= 11 is 0. The Morgan fingerprint density at radius 3 is 2.46 bits per heavy atom. The van der Waals surface area contributed by atoms with Gasteiger partial charge in [-0.2, -0.15) is 0 Å². The molecule has 4 aliphatic rings. The minimum atomic E-state index is 0. The van der Waals surface area contributed by atoms with Gasteiger partial charge < -0.3 is 15.4 Å². The first kappa shape index (κ1) is 18.5. The van der Waals surface area contributed by atoms with E-state index in [0.717, 1.165) is 52.0 Å². The molecule has 2 aliphatic heterocycles. The van der Waals surface area contributed by atoms with Gasteiger partial charge in [0.1, 0.15) is 0 Å². The first-order valence-corrected chi connectivity index (χ1v) is 9.79. The Balaban J connectivity index is 0.00000169. The van der Waals surface area contributed by atoms with Crippen LogP contribution in [0.2, 0.25) is 0 Å². The zero-order valence-electron chi connectivity index (χ0n) is 14.8. The molecule has 138 valence electrons. The lowest BCUT2D eigenvalue weighted by atomic mass is 9.64. The average Bonchev–Trinajstić information content (AvgIpc) is 2.55. The molecule has 2 bridgehead atoms. The fourth-order valence-corrected chi connectivity index (χ4v) is 5.88. The molecule has 3 unspecified atom stereocenters. The summed E-state index contributed by atoms with van der Waals surface area (Å²) in [6.07, 6.45) is 10.6. The van der Waals surface area contributed by atoms with Crippen LogP contribution in [0.4, 0.5) is 0 Å². The van der Waals surface area contributed by atoms with Crippen LogP contribution in [0.3, 0.4) is 0 Å². The molecule has 4 rings (SSSR count). The highest BCUT2D eigenvalue weighted by molar-refractivity contribution is 5.85. The van der Waals surface area contributed by atoms with Crippen molar-refractivity contribution in [2.75, 3.05) is 26.3 Å². The first-order chi connectivity index (χ1) is 11.2. The van der Waals surface area contributed by atoms with E-state index in [9.17, 15) is 4.79 Å². The van der Waals surface area contributed by atoms with Crippen molar-refractivity contribution in [1.29, 1.82) is 0 Å². The van der Waals surface area contributed by atoms with Crippen LogP contribution in [-0.2, 0) is 9.53 Å². The Hall–Kier alpha value is -0.320. The van der Waals surface area contributed by atoms with Gasteiger partial charge in [-0.3, -0.25) is 4.79 Å². The largest absolute Gasteiger partial charge is 0.381 e. The van der Waals surface area contributed by atoms with E-state index >= 15 is 0 Å². The predicted molar refractivity (Wildman–Crippen MR) is 97.1 cm³/mol. The topological polar surface area (TPSA) is 55.6 Å². The summed E-state index contributed by atoms with van der Waals surface area (Å²) in [5.74, 6) is 1.85. The number of nitrogens with zero attached hydrogens (tertiary/aromatic N) is 1. The second kappa shape index (κ2) is 7.51. The molecule has 3 atom stereocenters. The van der Waals surface area contributed by atoms with E-state index in [2.05, 4.69) is 4.90 Å². The van der Waals surface area contributed by atoms with Gasteiger partial charge in [-0.1, -0.05) is 6.42 Å². The third-order valence-electron chi connectivity index (χ3n) is 7.14. The molecule has 4 nitrogen and oxygen atoms in total. The number of piperidine rings is 1. The van der Waals surface area contributed by atoms with Crippen molar-refractivity contribution in [3.8, 4) is 0 Å². The van der Waals surface area contributed by atoms with Crippen LogP contribution < -0.4 is 5.73 Å². The summed E-state index contributed by atoms with van der Waals surface area (Å²) < 4.78 is 5.76. The van der Waals surface area contributed by atoms with E-state index in [1.807, 2.05) is 0 Å². The van der Waals surface area contributed by atoms with E-state index < -0.39 is 0 Å². The molecule has 2 saturated carbocycles. The molecule has 1 spiro atoms. The van der Waals surface area contributed by atoms with Crippen molar-refractivity contribution in [2.24, 2.45) is 28.9 Å². The molecule has 2 heterocycles. The number of likely N-dealkylation sites (tertiary alicyclic amines) is 1. The zero-order valence-corrected chi connectivity index (χ0v) is 15.6. The highest BCUT2D eigenvalue weighted by Crippen LogP contribution is 2.44. The van der Waals surface area contributed by atoms with Crippen molar-refractivity contribution in [1.82, 2.24) is 4.90 Å². The van der Waals surface area contributed by atoms with Gasteiger partial charge >= 0.3 is 0 Å². The lowest BCUT2D eigenvalue weighted by Gasteiger charge is -2.48. The molecular formula is C19H33ClN2O2. The summed E-state index contributed by atoms with van der Waals surface area (Å²) in [7, 11) is 0. The molecule has 2 saturated heterocycles. The lowest BCUT2D eigenvalue weighted by Crippen LogP contribution is -2.54. The summed E-state index contributed by atoms with van der Waals surface area (Å²) in [4.78, 5) is 15.4. The van der Waals surface area contributed by atoms with E-state index in [1.165, 1.54) is 32.1 Å². The van der Waals surface area contributed by atoms with Gasteiger partial charge in [0.25, 0.3) is 0 Å². The number of halogens is 1. The molecule has 24 heavy (non-hydrogen) atoms. The maximum absolute atomic E-state index is 13.2. The predicted octanol–water partition coefficient (Wildman–Crippen LogP) is 2.98. The molecule has 0 aromatic carbocycles. The van der Waals surface area contributed by atoms with Crippen LogP contribution >= 0.6 is 12.4 Å². The van der Waals surface area contributed by atoms with Crippen LogP contribution in [0.25, 0.3) is 0 Å². The fraction of sp³-hybridized carbons (Fsp3) is 0.947.